The number of pyridine rings is 1. The molecular formula is C12H12N6O2S. The molecule has 0 aliphatic carbocycles. The fourth-order valence-electron chi connectivity index (χ4n) is 1.90. The zero-order valence-electron chi connectivity index (χ0n) is 11.2. The van der Waals surface area contributed by atoms with Crippen molar-refractivity contribution in [2.24, 2.45) is 7.05 Å². The second-order valence-electron chi connectivity index (χ2n) is 4.46. The zero-order chi connectivity index (χ0) is 14.8. The average molecular weight is 304 g/mol. The molecule has 0 atom stereocenters. The lowest BCUT2D eigenvalue weighted by Gasteiger charge is -2.03. The Labute approximate surface area is 122 Å². The molecule has 0 saturated heterocycles. The van der Waals surface area contributed by atoms with Crippen molar-refractivity contribution in [3.05, 3.63) is 38.6 Å². The summed E-state index contributed by atoms with van der Waals surface area (Å²) in [5.74, 6) is -0.229. The minimum absolute atomic E-state index is 0.0892. The standard InChI is InChI=1S/C12H12N6O2S/c1-18-10-9(16-17-18)4-7(5-14-10)11(19)13-3-2-8-6-21-12(20)15-8/h4-6H,2-3H2,1H3,(H,13,19)(H,15,20). The van der Waals surface area contributed by atoms with E-state index in [1.165, 1.54) is 6.20 Å². The van der Waals surface area contributed by atoms with E-state index in [1.54, 1.807) is 23.2 Å². The van der Waals surface area contributed by atoms with Crippen molar-refractivity contribution >= 4 is 28.4 Å². The van der Waals surface area contributed by atoms with Gasteiger partial charge < -0.3 is 10.3 Å². The van der Waals surface area contributed by atoms with Crippen molar-refractivity contribution in [1.82, 2.24) is 30.3 Å². The summed E-state index contributed by atoms with van der Waals surface area (Å²) in [4.78, 5) is 29.8. The van der Waals surface area contributed by atoms with Crippen LogP contribution in [0.5, 0.6) is 0 Å². The highest BCUT2D eigenvalue weighted by atomic mass is 32.1. The number of aromatic amines is 1. The van der Waals surface area contributed by atoms with E-state index < -0.39 is 0 Å². The number of carbonyl (C=O) groups excluding carboxylic acids is 1. The normalized spacial score (nSPS) is 10.9. The van der Waals surface area contributed by atoms with Crippen LogP contribution >= 0.6 is 11.3 Å². The monoisotopic (exact) mass is 304 g/mol. The highest BCUT2D eigenvalue weighted by molar-refractivity contribution is 7.07. The molecule has 108 valence electrons. The minimum atomic E-state index is -0.229. The summed E-state index contributed by atoms with van der Waals surface area (Å²) in [5, 5.41) is 12.3. The lowest BCUT2D eigenvalue weighted by Crippen LogP contribution is -2.26. The molecular weight excluding hydrogens is 292 g/mol. The highest BCUT2D eigenvalue weighted by Gasteiger charge is 2.10. The number of carbonyl (C=O) groups is 1. The fraction of sp³-hybridized carbons (Fsp3) is 0.250. The number of rotatable bonds is 4. The van der Waals surface area contributed by atoms with Gasteiger partial charge in [0.15, 0.2) is 5.65 Å². The first-order chi connectivity index (χ1) is 10.1. The van der Waals surface area contributed by atoms with Gasteiger partial charge in [-0.15, -0.1) is 5.10 Å². The number of nitrogens with zero attached hydrogens (tertiary/aromatic N) is 4. The summed E-state index contributed by atoms with van der Waals surface area (Å²) in [6, 6.07) is 1.65. The quantitative estimate of drug-likeness (QED) is 0.710. The summed E-state index contributed by atoms with van der Waals surface area (Å²) >= 11 is 1.11. The molecule has 0 aliphatic rings. The second kappa shape index (κ2) is 5.44. The zero-order valence-corrected chi connectivity index (χ0v) is 12.0. The van der Waals surface area contributed by atoms with Crippen LogP contribution < -0.4 is 10.2 Å². The minimum Gasteiger partial charge on any atom is -0.352 e. The van der Waals surface area contributed by atoms with Gasteiger partial charge in [0.05, 0.1) is 5.56 Å². The Morgan fingerprint density at radius 2 is 2.38 bits per heavy atom. The summed E-state index contributed by atoms with van der Waals surface area (Å²) in [6.45, 7) is 0.435. The number of fused-ring (bicyclic) bond motifs is 1. The Hall–Kier alpha value is -2.55. The van der Waals surface area contributed by atoms with Crippen molar-refractivity contribution in [3.63, 3.8) is 0 Å². The molecule has 8 nitrogen and oxygen atoms in total. The molecule has 1 amide bonds. The first-order valence-electron chi connectivity index (χ1n) is 6.24. The molecule has 3 heterocycles. The van der Waals surface area contributed by atoms with Gasteiger partial charge in [0.2, 0.25) is 0 Å². The average Bonchev–Trinajstić information content (AvgIpc) is 3.05. The third-order valence-corrected chi connectivity index (χ3v) is 3.67. The molecule has 0 unspecified atom stereocenters. The van der Waals surface area contributed by atoms with Gasteiger partial charge in [-0.3, -0.25) is 9.59 Å². The number of hydrogen-bond donors (Lipinski definition) is 2. The van der Waals surface area contributed by atoms with Gasteiger partial charge in [-0.05, 0) is 6.07 Å². The van der Waals surface area contributed by atoms with Crippen LogP contribution in [-0.2, 0) is 13.5 Å². The van der Waals surface area contributed by atoms with Crippen LogP contribution in [0.3, 0.4) is 0 Å². The molecule has 0 bridgehead atoms. The molecule has 3 aromatic heterocycles. The van der Waals surface area contributed by atoms with Gasteiger partial charge >= 0.3 is 4.87 Å². The van der Waals surface area contributed by atoms with Crippen LogP contribution in [0, 0.1) is 0 Å². The number of H-pyrrole nitrogens is 1. The van der Waals surface area contributed by atoms with Gasteiger partial charge in [0, 0.05) is 37.3 Å². The second-order valence-corrected chi connectivity index (χ2v) is 5.30. The van der Waals surface area contributed by atoms with Gasteiger partial charge in [-0.2, -0.15) is 0 Å². The number of nitrogens with one attached hydrogen (secondary N) is 2. The number of aromatic nitrogens is 5. The largest absolute Gasteiger partial charge is 0.352 e. The molecule has 3 rings (SSSR count). The third kappa shape index (κ3) is 2.82. The molecule has 0 aliphatic heterocycles. The summed E-state index contributed by atoms with van der Waals surface area (Å²) in [6.07, 6.45) is 2.07. The summed E-state index contributed by atoms with van der Waals surface area (Å²) in [7, 11) is 1.74. The lowest BCUT2D eigenvalue weighted by molar-refractivity contribution is 0.0954. The Morgan fingerprint density at radius 1 is 1.52 bits per heavy atom. The van der Waals surface area contributed by atoms with Crippen LogP contribution in [0.1, 0.15) is 16.1 Å². The number of thiazole rings is 1. The number of hydrogen-bond acceptors (Lipinski definition) is 6. The van der Waals surface area contributed by atoms with Crippen molar-refractivity contribution in [2.45, 2.75) is 6.42 Å². The van der Waals surface area contributed by atoms with Crippen LogP contribution in [0.15, 0.2) is 22.4 Å². The molecule has 3 aromatic rings. The van der Waals surface area contributed by atoms with E-state index >= 15 is 0 Å². The van der Waals surface area contributed by atoms with E-state index in [4.69, 9.17) is 0 Å². The first kappa shape index (κ1) is 13.4. The van der Waals surface area contributed by atoms with E-state index in [0.29, 0.717) is 29.7 Å². The Balaban J connectivity index is 1.65. The molecule has 0 spiro atoms. The van der Waals surface area contributed by atoms with Gasteiger partial charge in [-0.25, -0.2) is 9.67 Å². The topological polar surface area (TPSA) is 106 Å². The molecule has 0 saturated carbocycles. The van der Waals surface area contributed by atoms with E-state index in [0.717, 1.165) is 17.0 Å². The molecule has 21 heavy (non-hydrogen) atoms. The van der Waals surface area contributed by atoms with E-state index in [1.807, 2.05) is 0 Å². The Morgan fingerprint density at radius 3 is 3.14 bits per heavy atom. The predicted molar refractivity (Wildman–Crippen MR) is 77.3 cm³/mol. The van der Waals surface area contributed by atoms with Crippen molar-refractivity contribution in [1.29, 1.82) is 0 Å². The summed E-state index contributed by atoms with van der Waals surface area (Å²) in [5.41, 5.74) is 2.45. The fourth-order valence-corrected chi connectivity index (χ4v) is 2.52. The van der Waals surface area contributed by atoms with Crippen LogP contribution in [0.2, 0.25) is 0 Å². The van der Waals surface area contributed by atoms with Crippen LogP contribution in [0.4, 0.5) is 0 Å². The van der Waals surface area contributed by atoms with E-state index in [2.05, 4.69) is 25.6 Å². The van der Waals surface area contributed by atoms with E-state index in [-0.39, 0.29) is 10.8 Å². The maximum atomic E-state index is 12.0. The maximum Gasteiger partial charge on any atom is 0.304 e. The maximum absolute atomic E-state index is 12.0. The highest BCUT2D eigenvalue weighted by Crippen LogP contribution is 2.09. The van der Waals surface area contributed by atoms with Gasteiger partial charge in [-0.1, -0.05) is 16.6 Å². The molecule has 2 N–H and O–H groups in total. The third-order valence-electron chi connectivity index (χ3n) is 2.95. The Kier molecular flexibility index (Phi) is 3.48. The van der Waals surface area contributed by atoms with Crippen molar-refractivity contribution < 1.29 is 4.79 Å². The SMILES string of the molecule is Cn1nnc2cc(C(=O)NCCc3csc(=O)[nH]3)cnc21. The predicted octanol–water partition coefficient (Wildman–Crippen LogP) is 0.0856. The number of aryl methyl sites for hydroxylation is 1. The molecule has 0 radical (unpaired) electrons. The molecule has 0 fully saturated rings. The molecule has 0 aromatic carbocycles. The van der Waals surface area contributed by atoms with Gasteiger partial charge in [0.1, 0.15) is 5.52 Å². The lowest BCUT2D eigenvalue weighted by atomic mass is 10.2. The van der Waals surface area contributed by atoms with Crippen molar-refractivity contribution in [2.75, 3.05) is 6.54 Å². The van der Waals surface area contributed by atoms with Crippen LogP contribution in [-0.4, -0.2) is 37.4 Å². The van der Waals surface area contributed by atoms with Gasteiger partial charge in [0.25, 0.3) is 5.91 Å². The smallest absolute Gasteiger partial charge is 0.304 e. The summed E-state index contributed by atoms with van der Waals surface area (Å²) < 4.78 is 1.55. The van der Waals surface area contributed by atoms with Crippen LogP contribution in [0.25, 0.3) is 11.2 Å². The Bertz CT molecular complexity index is 849. The van der Waals surface area contributed by atoms with E-state index in [9.17, 15) is 9.59 Å². The molecule has 9 heteroatoms. The number of amides is 1. The first-order valence-corrected chi connectivity index (χ1v) is 7.12. The van der Waals surface area contributed by atoms with Crippen molar-refractivity contribution in [3.8, 4) is 0 Å².